The van der Waals surface area contributed by atoms with Gasteiger partial charge in [-0.15, -0.1) is 0 Å². The maximum atomic E-state index is 11.9. The average molecular weight is 320 g/mol. The summed E-state index contributed by atoms with van der Waals surface area (Å²) in [6.45, 7) is 2.29. The fourth-order valence-electron chi connectivity index (χ4n) is 2.05. The van der Waals surface area contributed by atoms with Crippen molar-refractivity contribution in [3.05, 3.63) is 58.0 Å². The smallest absolute Gasteiger partial charge is 0.433 e. The Morgan fingerprint density at radius 3 is 2.78 bits per heavy atom. The molecule has 2 rings (SSSR count). The molecule has 0 saturated carbocycles. The summed E-state index contributed by atoms with van der Waals surface area (Å²) < 4.78 is 11.1. The number of benzene rings is 1. The van der Waals surface area contributed by atoms with Gasteiger partial charge < -0.3 is 14.6 Å². The number of rotatable bonds is 7. The van der Waals surface area contributed by atoms with Gasteiger partial charge in [0.15, 0.2) is 6.29 Å². The third kappa shape index (κ3) is 5.08. The molecule has 1 aromatic heterocycles. The predicted octanol–water partition coefficient (Wildman–Crippen LogP) is 1.65. The number of aryl methyl sites for hydroxylation is 1. The van der Waals surface area contributed by atoms with Crippen LogP contribution in [0.3, 0.4) is 0 Å². The van der Waals surface area contributed by atoms with E-state index < -0.39 is 12.4 Å². The highest BCUT2D eigenvalue weighted by atomic mass is 16.6. The van der Waals surface area contributed by atoms with Gasteiger partial charge in [0.1, 0.15) is 6.61 Å². The Hall–Kier alpha value is -2.38. The van der Waals surface area contributed by atoms with Crippen LogP contribution in [0.15, 0.2) is 41.3 Å². The monoisotopic (exact) mass is 320 g/mol. The molecule has 0 aliphatic heterocycles. The molecule has 1 aromatic carbocycles. The topological polar surface area (TPSA) is 93.5 Å². The molecule has 0 amide bonds. The van der Waals surface area contributed by atoms with Gasteiger partial charge in [0.25, 0.3) is 5.56 Å². The number of hydrogen-bond donors (Lipinski definition) is 2. The molecule has 0 spiro atoms. The van der Waals surface area contributed by atoms with E-state index in [9.17, 15) is 14.7 Å². The fourth-order valence-corrected chi connectivity index (χ4v) is 2.05. The van der Waals surface area contributed by atoms with Gasteiger partial charge >= 0.3 is 6.09 Å². The zero-order chi connectivity index (χ0) is 16.7. The van der Waals surface area contributed by atoms with Crippen LogP contribution in [-0.4, -0.2) is 33.9 Å². The van der Waals surface area contributed by atoms with Crippen molar-refractivity contribution in [2.75, 3.05) is 6.61 Å². The summed E-state index contributed by atoms with van der Waals surface area (Å²) in [4.78, 5) is 23.7. The molecule has 0 radical (unpaired) electrons. The molecule has 0 saturated heterocycles. The van der Waals surface area contributed by atoms with Gasteiger partial charge in [-0.1, -0.05) is 30.3 Å². The minimum atomic E-state index is -0.923. The maximum absolute atomic E-state index is 11.9. The first-order valence-electron chi connectivity index (χ1n) is 7.41. The number of aromatic amines is 1. The third-order valence-corrected chi connectivity index (χ3v) is 3.22. The highest BCUT2D eigenvalue weighted by molar-refractivity contribution is 5.69. The second kappa shape index (κ2) is 8.30. The van der Waals surface area contributed by atoms with Gasteiger partial charge in [0, 0.05) is 24.8 Å². The Morgan fingerprint density at radius 1 is 1.35 bits per heavy atom. The van der Waals surface area contributed by atoms with Crippen LogP contribution >= 0.6 is 0 Å². The lowest BCUT2D eigenvalue weighted by Gasteiger charge is -2.08. The lowest BCUT2D eigenvalue weighted by atomic mass is 10.2. The van der Waals surface area contributed by atoms with Gasteiger partial charge in [-0.3, -0.25) is 9.89 Å². The maximum Gasteiger partial charge on any atom is 0.433 e. The van der Waals surface area contributed by atoms with Crippen molar-refractivity contribution < 1.29 is 19.4 Å². The lowest BCUT2D eigenvalue weighted by molar-refractivity contribution is -0.0980. The van der Waals surface area contributed by atoms with E-state index in [1.807, 2.05) is 30.3 Å². The standard InChI is InChI=1S/C16H20N2O5/c1-2-22-14(19)9-8-13-10-18(17-15(13)20)16(21)23-11-12-6-4-3-5-7-12/h3-7,10,14,19H,2,8-9,11H2,1H3,(H,17,20). The van der Waals surface area contributed by atoms with E-state index in [4.69, 9.17) is 9.47 Å². The van der Waals surface area contributed by atoms with Gasteiger partial charge in [0.05, 0.1) is 0 Å². The van der Waals surface area contributed by atoms with Crippen LogP contribution in [0, 0.1) is 0 Å². The SMILES string of the molecule is CCOC(O)CCc1cn(C(=O)OCc2ccccc2)[nH]c1=O. The summed E-state index contributed by atoms with van der Waals surface area (Å²) in [5.74, 6) is 0. The summed E-state index contributed by atoms with van der Waals surface area (Å²) in [7, 11) is 0. The van der Waals surface area contributed by atoms with E-state index in [1.165, 1.54) is 6.20 Å². The molecular formula is C16H20N2O5. The molecule has 7 heteroatoms. The minimum absolute atomic E-state index is 0.123. The number of aliphatic hydroxyl groups is 1. The number of nitrogens with zero attached hydrogens (tertiary/aromatic N) is 1. The molecule has 0 aliphatic carbocycles. The van der Waals surface area contributed by atoms with Crippen LogP contribution in [0.25, 0.3) is 0 Å². The number of hydrogen-bond acceptors (Lipinski definition) is 5. The highest BCUT2D eigenvalue weighted by Crippen LogP contribution is 2.04. The molecular weight excluding hydrogens is 300 g/mol. The molecule has 0 bridgehead atoms. The average Bonchev–Trinajstić information content (AvgIpc) is 2.93. The summed E-state index contributed by atoms with van der Waals surface area (Å²) in [5.41, 5.74) is 0.862. The number of aromatic nitrogens is 2. The van der Waals surface area contributed by atoms with E-state index in [1.54, 1.807) is 6.92 Å². The van der Waals surface area contributed by atoms with E-state index in [2.05, 4.69) is 5.10 Å². The van der Waals surface area contributed by atoms with E-state index in [0.29, 0.717) is 18.6 Å². The van der Waals surface area contributed by atoms with Gasteiger partial charge in [-0.05, 0) is 18.9 Å². The van der Waals surface area contributed by atoms with Crippen LogP contribution < -0.4 is 5.56 Å². The van der Waals surface area contributed by atoms with Crippen molar-refractivity contribution in [2.45, 2.75) is 32.7 Å². The number of carbonyl (C=O) groups excluding carboxylic acids is 1. The highest BCUT2D eigenvalue weighted by Gasteiger charge is 2.13. The number of H-pyrrole nitrogens is 1. The van der Waals surface area contributed by atoms with Crippen LogP contribution in [0.2, 0.25) is 0 Å². The van der Waals surface area contributed by atoms with Crippen LogP contribution in [-0.2, 0) is 22.5 Å². The Balaban J connectivity index is 1.91. The van der Waals surface area contributed by atoms with Gasteiger partial charge in [-0.25, -0.2) is 4.79 Å². The van der Waals surface area contributed by atoms with Crippen molar-refractivity contribution in [3.63, 3.8) is 0 Å². The van der Waals surface area contributed by atoms with Crippen molar-refractivity contribution in [3.8, 4) is 0 Å². The normalized spacial score (nSPS) is 12.1. The van der Waals surface area contributed by atoms with E-state index in [0.717, 1.165) is 10.2 Å². The molecule has 23 heavy (non-hydrogen) atoms. The summed E-state index contributed by atoms with van der Waals surface area (Å²) in [5, 5.41) is 11.9. The molecule has 0 aliphatic rings. The van der Waals surface area contributed by atoms with Gasteiger partial charge in [0.2, 0.25) is 0 Å². The Bertz CT molecular complexity index is 677. The molecule has 2 N–H and O–H groups in total. The molecule has 0 fully saturated rings. The summed E-state index contributed by atoms with van der Waals surface area (Å²) >= 11 is 0. The molecule has 124 valence electrons. The molecule has 1 unspecified atom stereocenters. The van der Waals surface area contributed by atoms with E-state index >= 15 is 0 Å². The number of aliphatic hydroxyl groups excluding tert-OH is 1. The Kier molecular flexibility index (Phi) is 6.13. The van der Waals surface area contributed by atoms with Gasteiger partial charge in [-0.2, -0.15) is 4.68 Å². The second-order valence-electron chi connectivity index (χ2n) is 4.95. The van der Waals surface area contributed by atoms with Crippen molar-refractivity contribution in [1.29, 1.82) is 0 Å². The Labute approximate surface area is 133 Å². The first kappa shape index (κ1) is 17.0. The van der Waals surface area contributed by atoms with Crippen molar-refractivity contribution in [2.24, 2.45) is 0 Å². The largest absolute Gasteiger partial charge is 0.443 e. The minimum Gasteiger partial charge on any atom is -0.443 e. The zero-order valence-corrected chi connectivity index (χ0v) is 12.9. The van der Waals surface area contributed by atoms with Crippen LogP contribution in [0.1, 0.15) is 24.5 Å². The lowest BCUT2D eigenvalue weighted by Crippen LogP contribution is -2.17. The summed E-state index contributed by atoms with van der Waals surface area (Å²) in [6, 6.07) is 9.25. The number of carbonyl (C=O) groups is 1. The quantitative estimate of drug-likeness (QED) is 0.757. The predicted molar refractivity (Wildman–Crippen MR) is 83.0 cm³/mol. The van der Waals surface area contributed by atoms with Crippen LogP contribution in [0.5, 0.6) is 0 Å². The number of nitrogens with one attached hydrogen (secondary N) is 1. The molecule has 1 atom stereocenters. The van der Waals surface area contributed by atoms with Crippen molar-refractivity contribution >= 4 is 6.09 Å². The fraction of sp³-hybridized carbons (Fsp3) is 0.375. The number of ether oxygens (including phenoxy) is 2. The zero-order valence-electron chi connectivity index (χ0n) is 12.9. The second-order valence-corrected chi connectivity index (χ2v) is 4.95. The third-order valence-electron chi connectivity index (χ3n) is 3.22. The van der Waals surface area contributed by atoms with Crippen molar-refractivity contribution in [1.82, 2.24) is 9.78 Å². The Morgan fingerprint density at radius 2 is 2.09 bits per heavy atom. The molecule has 1 heterocycles. The van der Waals surface area contributed by atoms with Crippen LogP contribution in [0.4, 0.5) is 4.79 Å². The molecule has 7 nitrogen and oxygen atoms in total. The molecule has 2 aromatic rings. The summed E-state index contributed by atoms with van der Waals surface area (Å²) in [6.07, 6.45) is 0.374. The van der Waals surface area contributed by atoms with E-state index in [-0.39, 0.29) is 18.6 Å². The first-order chi connectivity index (χ1) is 11.1. The first-order valence-corrected chi connectivity index (χ1v) is 7.41.